The lowest BCUT2D eigenvalue weighted by atomic mass is 9.33. The van der Waals surface area contributed by atoms with Crippen LogP contribution in [0.4, 0.5) is 34.1 Å². The smallest absolute Gasteiger partial charge is 0.252 e. The van der Waals surface area contributed by atoms with Crippen LogP contribution in [0.1, 0.15) is 26.3 Å². The Balaban J connectivity index is 0.983. The fourth-order valence-corrected chi connectivity index (χ4v) is 14.1. The van der Waals surface area contributed by atoms with Gasteiger partial charge in [-0.3, -0.25) is 0 Å². The number of fused-ring (bicyclic) bond motifs is 8. The molecular weight excluding hydrogens is 976 g/mol. The molecule has 2 aliphatic rings. The minimum absolute atomic E-state index is 0.00865. The maximum atomic E-state index is 2.59. The Hall–Kier alpha value is -9.96. The third-order valence-corrected chi connectivity index (χ3v) is 17.9. The van der Waals surface area contributed by atoms with Crippen LogP contribution >= 0.6 is 0 Å². The molecule has 0 aliphatic carbocycles. The lowest BCUT2D eigenvalue weighted by Crippen LogP contribution is -2.61. The second kappa shape index (κ2) is 17.3. The molecule has 15 aromatic carbocycles. The van der Waals surface area contributed by atoms with E-state index in [0.717, 1.165) is 11.4 Å². The lowest BCUT2D eigenvalue weighted by molar-refractivity contribution is 0.596. The summed E-state index contributed by atoms with van der Waals surface area (Å²) in [6.45, 7) is 6.90. The van der Waals surface area contributed by atoms with E-state index < -0.39 is 0 Å². The van der Waals surface area contributed by atoms with Crippen molar-refractivity contribution in [2.45, 2.75) is 26.2 Å². The van der Waals surface area contributed by atoms with Crippen molar-refractivity contribution in [1.29, 1.82) is 0 Å². The summed E-state index contributed by atoms with van der Waals surface area (Å²) in [6.07, 6.45) is 0. The van der Waals surface area contributed by atoms with E-state index in [-0.39, 0.29) is 12.1 Å². The summed E-state index contributed by atoms with van der Waals surface area (Å²) in [5.74, 6) is 0. The predicted octanol–water partition coefficient (Wildman–Crippen LogP) is 19.6. The molecule has 0 fully saturated rings. The normalized spacial score (nSPS) is 13.0. The van der Waals surface area contributed by atoms with Crippen LogP contribution in [0.25, 0.3) is 109 Å². The molecule has 0 radical (unpaired) electrons. The average Bonchev–Trinajstić information content (AvgIpc) is 2.71. The van der Waals surface area contributed by atoms with Crippen molar-refractivity contribution in [2.75, 3.05) is 9.80 Å². The summed E-state index contributed by atoms with van der Waals surface area (Å²) in [5, 5.41) is 17.7. The molecule has 0 aromatic heterocycles. The number of hydrogen-bond acceptors (Lipinski definition) is 2. The summed E-state index contributed by atoms with van der Waals surface area (Å²) in [5.41, 5.74) is 19.4. The standard InChI is InChI=1S/C78H53BN2/c1-78(2,3)68-35-29-52-22-23-57-40-59(41-58-28-34-67(68)76(52)75(57)58)64-46-73-77-74(47-64)81(66-32-26-51(27-33-66)49-16-8-5-9-17-49)72-45-63-39-56-21-13-11-19-54(56)37-61(63)43-70(72)79(77)69-42-60-36-53-18-10-12-20-55(53)38-62(60)44-71(69)80(73)65-30-24-50(25-31-65)48-14-6-4-7-15-48/h4-47H,1-3H3. The molecule has 0 spiro atoms. The number of nitrogens with zero attached hydrogens (tertiary/aromatic N) is 2. The number of rotatable bonds is 5. The lowest BCUT2D eigenvalue weighted by Gasteiger charge is -2.44. The summed E-state index contributed by atoms with van der Waals surface area (Å²) in [7, 11) is 0. The Morgan fingerprint density at radius 2 is 0.667 bits per heavy atom. The first-order chi connectivity index (χ1) is 39.7. The third-order valence-electron chi connectivity index (χ3n) is 17.9. The zero-order chi connectivity index (χ0) is 53.7. The molecule has 0 atom stereocenters. The van der Waals surface area contributed by atoms with Crippen LogP contribution in [0.2, 0.25) is 0 Å². The van der Waals surface area contributed by atoms with Gasteiger partial charge in [-0.15, -0.1) is 0 Å². The minimum atomic E-state index is -0.0945. The SMILES string of the molecule is CC(C)(C)c1ccc2ccc3cc(-c4cc5c6c(c4)N(c4ccc(-c7ccccc7)cc4)c4cc7cc8ccccc8cc7cc4B6c4cc6cc7ccccc7cc6cc4N5c4ccc(-c5ccccc5)cc4)cc4ccc1c2c34. The first kappa shape index (κ1) is 46.0. The van der Waals surface area contributed by atoms with E-state index in [1.165, 1.54) is 153 Å². The first-order valence-electron chi connectivity index (χ1n) is 28.5. The van der Waals surface area contributed by atoms with Gasteiger partial charge in [-0.1, -0.05) is 203 Å². The van der Waals surface area contributed by atoms with Gasteiger partial charge in [0.05, 0.1) is 0 Å². The minimum Gasteiger partial charge on any atom is -0.311 e. The Labute approximate surface area is 471 Å². The van der Waals surface area contributed by atoms with Crippen molar-refractivity contribution in [3.05, 3.63) is 272 Å². The quantitative estimate of drug-likeness (QED) is 0.0963. The van der Waals surface area contributed by atoms with E-state index in [1.54, 1.807) is 0 Å². The highest BCUT2D eigenvalue weighted by Gasteiger charge is 2.44. The molecule has 2 heterocycles. The highest BCUT2D eigenvalue weighted by molar-refractivity contribution is 7.00. The van der Waals surface area contributed by atoms with Crippen LogP contribution in [0, 0.1) is 0 Å². The molecule has 3 heteroatoms. The van der Waals surface area contributed by atoms with Gasteiger partial charge in [-0.05, 0) is 221 Å². The maximum absolute atomic E-state index is 2.59. The summed E-state index contributed by atoms with van der Waals surface area (Å²) in [4.78, 5) is 5.18. The van der Waals surface area contributed by atoms with Crippen LogP contribution in [-0.2, 0) is 5.41 Å². The van der Waals surface area contributed by atoms with Crippen LogP contribution in [0.5, 0.6) is 0 Å². The van der Waals surface area contributed by atoms with E-state index in [2.05, 4.69) is 297 Å². The van der Waals surface area contributed by atoms with Crippen molar-refractivity contribution in [1.82, 2.24) is 0 Å². The van der Waals surface area contributed by atoms with Crippen LogP contribution in [0.15, 0.2) is 267 Å². The second-order valence-electron chi connectivity index (χ2n) is 23.7. The Morgan fingerprint density at radius 1 is 0.272 bits per heavy atom. The number of anilines is 6. The van der Waals surface area contributed by atoms with E-state index >= 15 is 0 Å². The van der Waals surface area contributed by atoms with Gasteiger partial charge in [0.25, 0.3) is 6.71 Å². The van der Waals surface area contributed by atoms with Gasteiger partial charge in [0.15, 0.2) is 0 Å². The van der Waals surface area contributed by atoms with Gasteiger partial charge in [0, 0.05) is 34.1 Å². The van der Waals surface area contributed by atoms with E-state index in [9.17, 15) is 0 Å². The van der Waals surface area contributed by atoms with Crippen molar-refractivity contribution in [3.63, 3.8) is 0 Å². The second-order valence-corrected chi connectivity index (χ2v) is 23.7. The Morgan fingerprint density at radius 3 is 1.14 bits per heavy atom. The monoisotopic (exact) mass is 1030 g/mol. The summed E-state index contributed by atoms with van der Waals surface area (Å²) >= 11 is 0. The van der Waals surface area contributed by atoms with Gasteiger partial charge in [0.2, 0.25) is 0 Å². The Kier molecular flexibility index (Phi) is 9.81. The molecule has 0 saturated carbocycles. The molecule has 0 amide bonds. The molecule has 2 nitrogen and oxygen atoms in total. The molecule has 17 rings (SSSR count). The van der Waals surface area contributed by atoms with E-state index in [4.69, 9.17) is 0 Å². The topological polar surface area (TPSA) is 6.48 Å². The maximum Gasteiger partial charge on any atom is 0.252 e. The molecule has 15 aromatic rings. The third kappa shape index (κ3) is 7.15. The molecule has 81 heavy (non-hydrogen) atoms. The summed E-state index contributed by atoms with van der Waals surface area (Å²) in [6, 6.07) is 101. The molecule has 0 saturated heterocycles. The number of benzene rings is 15. The van der Waals surface area contributed by atoms with E-state index in [1.807, 2.05) is 0 Å². The zero-order valence-corrected chi connectivity index (χ0v) is 45.4. The van der Waals surface area contributed by atoms with Gasteiger partial charge in [0.1, 0.15) is 0 Å². The Bertz CT molecular complexity index is 4820. The van der Waals surface area contributed by atoms with E-state index in [0.29, 0.717) is 0 Å². The highest BCUT2D eigenvalue weighted by atomic mass is 15.2. The fraction of sp³-hybridized carbons (Fsp3) is 0.0513. The first-order valence-corrected chi connectivity index (χ1v) is 28.5. The average molecular weight is 1030 g/mol. The summed E-state index contributed by atoms with van der Waals surface area (Å²) < 4.78 is 0. The van der Waals surface area contributed by atoms with Gasteiger partial charge in [-0.2, -0.15) is 0 Å². The molecule has 378 valence electrons. The van der Waals surface area contributed by atoms with Crippen LogP contribution in [-0.4, -0.2) is 6.71 Å². The van der Waals surface area contributed by atoms with Gasteiger partial charge >= 0.3 is 0 Å². The molecule has 0 bridgehead atoms. The van der Waals surface area contributed by atoms with Crippen molar-refractivity contribution < 1.29 is 0 Å². The molecule has 0 unspecified atom stereocenters. The predicted molar refractivity (Wildman–Crippen MR) is 349 cm³/mol. The van der Waals surface area contributed by atoms with Crippen molar-refractivity contribution in [2.24, 2.45) is 0 Å². The van der Waals surface area contributed by atoms with Crippen molar-refractivity contribution >= 4 is 133 Å². The largest absolute Gasteiger partial charge is 0.311 e. The van der Waals surface area contributed by atoms with Gasteiger partial charge < -0.3 is 9.80 Å². The van der Waals surface area contributed by atoms with Crippen molar-refractivity contribution in [3.8, 4) is 33.4 Å². The molecule has 2 aliphatic heterocycles. The van der Waals surface area contributed by atoms with Crippen LogP contribution in [0.3, 0.4) is 0 Å². The molecule has 0 N–H and O–H groups in total. The van der Waals surface area contributed by atoms with Crippen LogP contribution < -0.4 is 26.2 Å². The fourth-order valence-electron chi connectivity index (χ4n) is 14.1. The van der Waals surface area contributed by atoms with Gasteiger partial charge in [-0.25, -0.2) is 0 Å². The zero-order valence-electron chi connectivity index (χ0n) is 45.4. The molecular formula is C78H53BN2. The number of hydrogen-bond donors (Lipinski definition) is 0. The highest BCUT2D eigenvalue weighted by Crippen LogP contribution is 2.49.